The van der Waals surface area contributed by atoms with E-state index in [2.05, 4.69) is 21.3 Å². The van der Waals surface area contributed by atoms with Crippen LogP contribution in [0, 0.1) is 5.92 Å². The minimum Gasteiger partial charge on any atom is -0.480 e. The van der Waals surface area contributed by atoms with E-state index in [4.69, 9.17) is 16.6 Å². The fourth-order valence-electron chi connectivity index (χ4n) is 2.49. The van der Waals surface area contributed by atoms with Gasteiger partial charge in [-0.3, -0.25) is 24.0 Å². The number of nitrogens with one attached hydrogen (secondary N) is 4. The molecule has 172 valence electrons. The number of hydrogen-bond donors (Lipinski definition) is 7. The number of carboxylic acid groups (broad SMARTS) is 1. The van der Waals surface area contributed by atoms with Gasteiger partial charge in [-0.1, -0.05) is 13.8 Å². The van der Waals surface area contributed by atoms with Gasteiger partial charge in [-0.05, 0) is 38.6 Å². The van der Waals surface area contributed by atoms with Crippen molar-refractivity contribution >= 4 is 29.6 Å². The van der Waals surface area contributed by atoms with Crippen molar-refractivity contribution in [2.24, 2.45) is 17.4 Å². The van der Waals surface area contributed by atoms with Crippen LogP contribution < -0.4 is 32.7 Å². The van der Waals surface area contributed by atoms with Crippen molar-refractivity contribution in [3.63, 3.8) is 0 Å². The highest BCUT2D eigenvalue weighted by Gasteiger charge is 2.29. The molecule has 0 aliphatic heterocycles. The monoisotopic (exact) mass is 430 g/mol. The summed E-state index contributed by atoms with van der Waals surface area (Å²) in [4.78, 5) is 59.3. The van der Waals surface area contributed by atoms with E-state index in [1.165, 1.54) is 6.92 Å². The highest BCUT2D eigenvalue weighted by Crippen LogP contribution is 2.06. The Kier molecular flexibility index (Phi) is 13.0. The highest BCUT2D eigenvalue weighted by molar-refractivity contribution is 5.94. The molecule has 4 amide bonds. The largest absolute Gasteiger partial charge is 0.480 e. The molecule has 12 nitrogen and oxygen atoms in total. The fraction of sp³-hybridized carbons (Fsp3) is 0.722. The normalized spacial score (nSPS) is 13.7. The number of carbonyl (C=O) groups excluding carboxylic acids is 4. The Balaban J connectivity index is 5.16. The number of nitrogens with two attached hydrogens (primary N) is 2. The first-order valence-corrected chi connectivity index (χ1v) is 9.83. The Morgan fingerprint density at radius 1 is 0.867 bits per heavy atom. The molecule has 0 saturated heterocycles. The van der Waals surface area contributed by atoms with E-state index in [1.807, 2.05) is 0 Å². The molecule has 0 bridgehead atoms. The summed E-state index contributed by atoms with van der Waals surface area (Å²) in [5, 5.41) is 18.4. The van der Waals surface area contributed by atoms with E-state index >= 15 is 0 Å². The molecule has 0 aromatic rings. The molecular formula is C18H34N6O6. The minimum atomic E-state index is -1.21. The number of unbranched alkanes of at least 4 members (excludes halogenated alkanes) is 1. The van der Waals surface area contributed by atoms with Crippen LogP contribution in [0.15, 0.2) is 0 Å². The third kappa shape index (κ3) is 10.7. The molecule has 0 aromatic heterocycles. The summed E-state index contributed by atoms with van der Waals surface area (Å²) in [5.74, 6) is -3.81. The van der Waals surface area contributed by atoms with Crippen molar-refractivity contribution in [2.45, 2.75) is 58.2 Å². The van der Waals surface area contributed by atoms with E-state index in [9.17, 15) is 24.0 Å². The average molecular weight is 431 g/mol. The molecule has 0 spiro atoms. The summed E-state index contributed by atoms with van der Waals surface area (Å²) < 4.78 is 0. The van der Waals surface area contributed by atoms with Crippen LogP contribution in [0.3, 0.4) is 0 Å². The molecule has 0 radical (unpaired) electrons. The number of carbonyl (C=O) groups is 5. The predicted molar refractivity (Wildman–Crippen MR) is 109 cm³/mol. The van der Waals surface area contributed by atoms with Gasteiger partial charge in [0.15, 0.2) is 0 Å². The molecule has 12 heteroatoms. The highest BCUT2D eigenvalue weighted by atomic mass is 16.4. The van der Waals surface area contributed by atoms with Gasteiger partial charge in [0.2, 0.25) is 23.6 Å². The fourth-order valence-corrected chi connectivity index (χ4v) is 2.49. The number of aliphatic carboxylic acids is 1. The molecule has 3 atom stereocenters. The van der Waals surface area contributed by atoms with Gasteiger partial charge < -0.3 is 37.8 Å². The zero-order chi connectivity index (χ0) is 23.3. The van der Waals surface area contributed by atoms with Crippen LogP contribution in [0.1, 0.15) is 40.0 Å². The number of carboxylic acids is 1. The summed E-state index contributed by atoms with van der Waals surface area (Å²) in [6, 6.07) is -2.86. The van der Waals surface area contributed by atoms with E-state index in [1.54, 1.807) is 13.8 Å². The van der Waals surface area contributed by atoms with Gasteiger partial charge in [0.1, 0.15) is 24.7 Å². The molecule has 9 N–H and O–H groups in total. The maximum atomic E-state index is 12.7. The smallest absolute Gasteiger partial charge is 0.322 e. The third-order valence-corrected chi connectivity index (χ3v) is 4.20. The zero-order valence-corrected chi connectivity index (χ0v) is 17.7. The van der Waals surface area contributed by atoms with Crippen LogP contribution in [-0.4, -0.2) is 72.5 Å². The number of amides is 4. The Labute approximate surface area is 175 Å². The summed E-state index contributed by atoms with van der Waals surface area (Å²) in [5.41, 5.74) is 10.8. The summed E-state index contributed by atoms with van der Waals surface area (Å²) in [7, 11) is 0. The van der Waals surface area contributed by atoms with E-state index in [0.717, 1.165) is 0 Å². The van der Waals surface area contributed by atoms with Gasteiger partial charge in [-0.15, -0.1) is 0 Å². The third-order valence-electron chi connectivity index (χ3n) is 4.20. The second kappa shape index (κ2) is 14.3. The summed E-state index contributed by atoms with van der Waals surface area (Å²) >= 11 is 0. The van der Waals surface area contributed by atoms with Crippen molar-refractivity contribution < 1.29 is 29.1 Å². The van der Waals surface area contributed by atoms with Gasteiger partial charge in [-0.2, -0.15) is 0 Å². The maximum absolute atomic E-state index is 12.7. The topological polar surface area (TPSA) is 206 Å². The lowest BCUT2D eigenvalue weighted by atomic mass is 10.0. The Hall–Kier alpha value is -2.73. The molecule has 0 saturated carbocycles. The van der Waals surface area contributed by atoms with Crippen molar-refractivity contribution in [3.8, 4) is 0 Å². The van der Waals surface area contributed by atoms with Crippen molar-refractivity contribution in [3.05, 3.63) is 0 Å². The number of rotatable bonds is 14. The second-order valence-corrected chi connectivity index (χ2v) is 7.18. The summed E-state index contributed by atoms with van der Waals surface area (Å²) in [6.07, 6.45) is 1.45. The van der Waals surface area contributed by atoms with Gasteiger partial charge in [0.05, 0.1) is 6.54 Å². The molecule has 0 aromatic carbocycles. The van der Waals surface area contributed by atoms with Crippen LogP contribution >= 0.6 is 0 Å². The Bertz CT molecular complexity index is 612. The van der Waals surface area contributed by atoms with Crippen LogP contribution in [0.25, 0.3) is 0 Å². The predicted octanol–water partition coefficient (Wildman–Crippen LogP) is -2.59. The maximum Gasteiger partial charge on any atom is 0.322 e. The van der Waals surface area contributed by atoms with E-state index in [0.29, 0.717) is 19.4 Å². The lowest BCUT2D eigenvalue weighted by Gasteiger charge is -2.26. The van der Waals surface area contributed by atoms with E-state index in [-0.39, 0.29) is 18.9 Å². The van der Waals surface area contributed by atoms with Crippen molar-refractivity contribution in [1.82, 2.24) is 21.3 Å². The van der Waals surface area contributed by atoms with Gasteiger partial charge >= 0.3 is 5.97 Å². The van der Waals surface area contributed by atoms with Crippen LogP contribution in [-0.2, 0) is 24.0 Å². The molecule has 30 heavy (non-hydrogen) atoms. The molecule has 0 aliphatic rings. The molecular weight excluding hydrogens is 396 g/mol. The Morgan fingerprint density at radius 2 is 1.50 bits per heavy atom. The lowest BCUT2D eigenvalue weighted by Crippen LogP contribution is -2.57. The first-order chi connectivity index (χ1) is 14.0. The van der Waals surface area contributed by atoms with Crippen LogP contribution in [0.4, 0.5) is 0 Å². The van der Waals surface area contributed by atoms with Gasteiger partial charge in [-0.25, -0.2) is 0 Å². The Morgan fingerprint density at radius 3 is 2.00 bits per heavy atom. The number of hydrogen-bond acceptors (Lipinski definition) is 7. The molecule has 0 heterocycles. The van der Waals surface area contributed by atoms with Crippen LogP contribution in [0.2, 0.25) is 0 Å². The molecule has 0 aliphatic carbocycles. The standard InChI is InChI=1S/C18H34N6O6/c1-10(2)15(24-13(25)8-20)18(30)23-12(6-4-5-7-19)17(29)22-11(3)16(28)21-9-14(26)27/h10-12,15H,4-9,19-20H2,1-3H3,(H,21,28)(H,22,29)(H,23,30)(H,24,25)(H,26,27)/t11-,12-,15-/m0/s1. The minimum absolute atomic E-state index is 0.256. The average Bonchev–Trinajstić information content (AvgIpc) is 2.68. The van der Waals surface area contributed by atoms with Crippen molar-refractivity contribution in [2.75, 3.05) is 19.6 Å². The second-order valence-electron chi connectivity index (χ2n) is 7.18. The van der Waals surface area contributed by atoms with Gasteiger partial charge in [0.25, 0.3) is 0 Å². The lowest BCUT2D eigenvalue weighted by molar-refractivity contribution is -0.138. The first kappa shape index (κ1) is 27.3. The quantitative estimate of drug-likeness (QED) is 0.145. The van der Waals surface area contributed by atoms with Crippen LogP contribution in [0.5, 0.6) is 0 Å². The molecule has 0 fully saturated rings. The SMILES string of the molecule is CC(C)[C@H](NC(=O)CN)C(=O)N[C@@H](CCCCN)C(=O)N[C@@H](C)C(=O)NCC(=O)O. The summed E-state index contributed by atoms with van der Waals surface area (Å²) in [6.45, 7) is 4.43. The van der Waals surface area contributed by atoms with Crippen molar-refractivity contribution in [1.29, 1.82) is 0 Å². The van der Waals surface area contributed by atoms with E-state index < -0.39 is 54.3 Å². The molecule has 0 unspecified atom stereocenters. The first-order valence-electron chi connectivity index (χ1n) is 9.83. The van der Waals surface area contributed by atoms with Gasteiger partial charge in [0, 0.05) is 0 Å². The molecule has 0 rings (SSSR count). The zero-order valence-electron chi connectivity index (χ0n) is 17.7.